The average Bonchev–Trinajstić information content (AvgIpc) is 2.28. The highest BCUT2D eigenvalue weighted by molar-refractivity contribution is 6.02. The zero-order valence-electron chi connectivity index (χ0n) is 10.8. The third-order valence-corrected chi connectivity index (χ3v) is 2.35. The van der Waals surface area contributed by atoms with Crippen molar-refractivity contribution in [2.75, 3.05) is 19.8 Å². The maximum Gasteiger partial charge on any atom is 0.231 e. The van der Waals surface area contributed by atoms with Crippen LogP contribution in [0.4, 0.5) is 0 Å². The normalized spacial score (nSPS) is 13.8. The van der Waals surface area contributed by atoms with Gasteiger partial charge in [-0.25, -0.2) is 0 Å². The summed E-state index contributed by atoms with van der Waals surface area (Å²) in [5, 5.41) is 14.3. The molecule has 0 heterocycles. The van der Waals surface area contributed by atoms with Gasteiger partial charge < -0.3 is 21.0 Å². The summed E-state index contributed by atoms with van der Waals surface area (Å²) in [7, 11) is 0. The van der Waals surface area contributed by atoms with Crippen LogP contribution in [-0.2, 0) is 9.53 Å². The van der Waals surface area contributed by atoms with Gasteiger partial charge >= 0.3 is 0 Å². The molecule has 0 aliphatic carbocycles. The Morgan fingerprint density at radius 2 is 2.18 bits per heavy atom. The summed E-state index contributed by atoms with van der Waals surface area (Å²) >= 11 is 0. The molecule has 1 unspecified atom stereocenters. The Balaban J connectivity index is 4.08. The van der Waals surface area contributed by atoms with Gasteiger partial charge in [-0.3, -0.25) is 4.79 Å². The predicted molar refractivity (Wildman–Crippen MR) is 65.9 cm³/mol. The number of oxime groups is 1. The van der Waals surface area contributed by atoms with Crippen molar-refractivity contribution >= 4 is 11.7 Å². The summed E-state index contributed by atoms with van der Waals surface area (Å²) in [6.07, 6.45) is 0.751. The Labute approximate surface area is 102 Å². The highest BCUT2D eigenvalue weighted by atomic mass is 16.5. The van der Waals surface area contributed by atoms with Crippen LogP contribution in [0.25, 0.3) is 0 Å². The molecule has 0 saturated carbocycles. The van der Waals surface area contributed by atoms with Crippen molar-refractivity contribution in [2.45, 2.75) is 27.2 Å². The van der Waals surface area contributed by atoms with E-state index in [1.54, 1.807) is 0 Å². The Kier molecular flexibility index (Phi) is 8.13. The Bertz CT molecular complexity index is 254. The van der Waals surface area contributed by atoms with Crippen LogP contribution < -0.4 is 11.1 Å². The van der Waals surface area contributed by atoms with Crippen LogP contribution >= 0.6 is 0 Å². The standard InChI is InChI=1S/C11H23N3O3/c1-4-17-7-5-6-13-11(15)9(8(2)3)10(12)14-16/h8-9,16H,4-7H2,1-3H3,(H2,12,14)(H,13,15). The highest BCUT2D eigenvalue weighted by Crippen LogP contribution is 2.11. The third-order valence-electron chi connectivity index (χ3n) is 2.35. The lowest BCUT2D eigenvalue weighted by molar-refractivity contribution is -0.124. The van der Waals surface area contributed by atoms with Crippen molar-refractivity contribution in [1.82, 2.24) is 5.32 Å². The van der Waals surface area contributed by atoms with E-state index in [9.17, 15) is 4.79 Å². The van der Waals surface area contributed by atoms with E-state index >= 15 is 0 Å². The maximum absolute atomic E-state index is 11.8. The quantitative estimate of drug-likeness (QED) is 0.191. The van der Waals surface area contributed by atoms with Crippen molar-refractivity contribution in [3.63, 3.8) is 0 Å². The first-order chi connectivity index (χ1) is 8.04. The molecule has 0 spiro atoms. The summed E-state index contributed by atoms with van der Waals surface area (Å²) in [6.45, 7) is 7.44. The molecule has 1 atom stereocenters. The van der Waals surface area contributed by atoms with Gasteiger partial charge in [-0.1, -0.05) is 19.0 Å². The number of amides is 1. The van der Waals surface area contributed by atoms with Crippen molar-refractivity contribution in [3.05, 3.63) is 0 Å². The Morgan fingerprint density at radius 3 is 2.65 bits per heavy atom. The molecule has 0 aliphatic heterocycles. The molecule has 100 valence electrons. The van der Waals surface area contributed by atoms with Crippen LogP contribution in [0.1, 0.15) is 27.2 Å². The molecule has 0 aromatic heterocycles. The smallest absolute Gasteiger partial charge is 0.231 e. The minimum absolute atomic E-state index is 0.0159. The number of hydrogen-bond donors (Lipinski definition) is 3. The fourth-order valence-electron chi connectivity index (χ4n) is 1.48. The predicted octanol–water partition coefficient (Wildman–Crippen LogP) is 0.548. The highest BCUT2D eigenvalue weighted by Gasteiger charge is 2.26. The Hall–Kier alpha value is -1.30. The zero-order chi connectivity index (χ0) is 13.3. The van der Waals surface area contributed by atoms with Crippen molar-refractivity contribution in [2.24, 2.45) is 22.7 Å². The van der Waals surface area contributed by atoms with Gasteiger partial charge in [0, 0.05) is 19.8 Å². The van der Waals surface area contributed by atoms with E-state index < -0.39 is 5.92 Å². The van der Waals surface area contributed by atoms with Gasteiger partial charge in [0.2, 0.25) is 5.91 Å². The van der Waals surface area contributed by atoms with E-state index in [-0.39, 0.29) is 17.7 Å². The van der Waals surface area contributed by atoms with Crippen molar-refractivity contribution in [3.8, 4) is 0 Å². The van der Waals surface area contributed by atoms with Gasteiger partial charge in [0.1, 0.15) is 5.92 Å². The molecular formula is C11H23N3O3. The summed E-state index contributed by atoms with van der Waals surface area (Å²) in [4.78, 5) is 11.8. The first-order valence-electron chi connectivity index (χ1n) is 5.87. The largest absolute Gasteiger partial charge is 0.409 e. The van der Waals surface area contributed by atoms with E-state index in [0.29, 0.717) is 19.8 Å². The van der Waals surface area contributed by atoms with Gasteiger partial charge in [-0.15, -0.1) is 0 Å². The van der Waals surface area contributed by atoms with Gasteiger partial charge in [0.05, 0.1) is 0 Å². The summed E-state index contributed by atoms with van der Waals surface area (Å²) in [5.74, 6) is -0.876. The molecular weight excluding hydrogens is 222 g/mol. The molecule has 0 radical (unpaired) electrons. The minimum atomic E-state index is -0.591. The molecule has 0 aliphatic rings. The van der Waals surface area contributed by atoms with Crippen LogP contribution in [0.15, 0.2) is 5.16 Å². The number of nitrogens with zero attached hydrogens (tertiary/aromatic N) is 1. The number of rotatable bonds is 8. The lowest BCUT2D eigenvalue weighted by Gasteiger charge is -2.18. The third kappa shape index (κ3) is 6.11. The molecule has 1 amide bonds. The molecule has 0 saturated heterocycles. The van der Waals surface area contributed by atoms with Gasteiger partial charge in [0.25, 0.3) is 0 Å². The summed E-state index contributed by atoms with van der Waals surface area (Å²) < 4.78 is 5.15. The molecule has 6 heteroatoms. The molecule has 4 N–H and O–H groups in total. The van der Waals surface area contributed by atoms with Crippen LogP contribution in [0.3, 0.4) is 0 Å². The second kappa shape index (κ2) is 8.81. The Morgan fingerprint density at radius 1 is 1.53 bits per heavy atom. The molecule has 17 heavy (non-hydrogen) atoms. The molecule has 6 nitrogen and oxygen atoms in total. The lowest BCUT2D eigenvalue weighted by Crippen LogP contribution is -2.42. The first-order valence-corrected chi connectivity index (χ1v) is 5.87. The van der Waals surface area contributed by atoms with Crippen LogP contribution in [-0.4, -0.2) is 36.7 Å². The second-order valence-electron chi connectivity index (χ2n) is 4.09. The van der Waals surface area contributed by atoms with Crippen LogP contribution in [0.5, 0.6) is 0 Å². The first kappa shape index (κ1) is 15.7. The van der Waals surface area contributed by atoms with Gasteiger partial charge in [0.15, 0.2) is 5.84 Å². The van der Waals surface area contributed by atoms with E-state index in [1.165, 1.54) is 0 Å². The SMILES string of the molecule is CCOCCCNC(=O)C(C(N)=NO)C(C)C. The molecule has 0 aromatic rings. The molecule has 0 fully saturated rings. The van der Waals surface area contributed by atoms with Gasteiger partial charge in [-0.2, -0.15) is 0 Å². The van der Waals surface area contributed by atoms with Crippen LogP contribution in [0, 0.1) is 11.8 Å². The number of carbonyl (C=O) groups excluding carboxylic acids is 1. The number of ether oxygens (including phenoxy) is 1. The fourth-order valence-corrected chi connectivity index (χ4v) is 1.48. The number of carbonyl (C=O) groups is 1. The number of nitrogens with two attached hydrogens (primary N) is 1. The lowest BCUT2D eigenvalue weighted by atomic mass is 9.94. The van der Waals surface area contributed by atoms with Crippen molar-refractivity contribution < 1.29 is 14.7 Å². The number of hydrogen-bond acceptors (Lipinski definition) is 4. The minimum Gasteiger partial charge on any atom is -0.409 e. The van der Waals surface area contributed by atoms with E-state index in [1.807, 2.05) is 20.8 Å². The molecule has 0 bridgehead atoms. The van der Waals surface area contributed by atoms with E-state index in [4.69, 9.17) is 15.7 Å². The topological polar surface area (TPSA) is 96.9 Å². The average molecular weight is 245 g/mol. The van der Waals surface area contributed by atoms with Crippen LogP contribution in [0.2, 0.25) is 0 Å². The summed E-state index contributed by atoms with van der Waals surface area (Å²) in [5.41, 5.74) is 5.49. The maximum atomic E-state index is 11.8. The van der Waals surface area contributed by atoms with E-state index in [0.717, 1.165) is 6.42 Å². The van der Waals surface area contributed by atoms with Crippen molar-refractivity contribution in [1.29, 1.82) is 0 Å². The zero-order valence-corrected chi connectivity index (χ0v) is 10.8. The second-order valence-corrected chi connectivity index (χ2v) is 4.09. The van der Waals surface area contributed by atoms with Gasteiger partial charge in [-0.05, 0) is 19.3 Å². The number of nitrogens with one attached hydrogen (secondary N) is 1. The number of amidine groups is 1. The summed E-state index contributed by atoms with van der Waals surface area (Å²) in [6, 6.07) is 0. The molecule has 0 rings (SSSR count). The van der Waals surface area contributed by atoms with E-state index in [2.05, 4.69) is 10.5 Å². The monoisotopic (exact) mass is 245 g/mol. The fraction of sp³-hybridized carbons (Fsp3) is 0.818. The molecule has 0 aromatic carbocycles.